The van der Waals surface area contributed by atoms with Gasteiger partial charge in [-0.25, -0.2) is 9.18 Å². The van der Waals surface area contributed by atoms with Crippen molar-refractivity contribution in [2.75, 3.05) is 39.8 Å². The number of hydrogen-bond acceptors (Lipinski definition) is 5. The van der Waals surface area contributed by atoms with Gasteiger partial charge >= 0.3 is 5.97 Å². The molecule has 3 unspecified atom stereocenters. The molecule has 1 N–H and O–H groups in total. The minimum absolute atomic E-state index is 0.0770. The van der Waals surface area contributed by atoms with Gasteiger partial charge in [0.15, 0.2) is 0 Å². The Balaban J connectivity index is 1.38. The van der Waals surface area contributed by atoms with Crippen LogP contribution < -0.4 is 0 Å². The molecule has 6 heteroatoms. The summed E-state index contributed by atoms with van der Waals surface area (Å²) in [5.74, 6) is -0.900. The Morgan fingerprint density at radius 2 is 1.74 bits per heavy atom. The summed E-state index contributed by atoms with van der Waals surface area (Å²) in [7, 11) is 2.13. The number of hydrogen-bond donors (Lipinski definition) is 1. The van der Waals surface area contributed by atoms with Gasteiger partial charge in [0.1, 0.15) is 11.9 Å². The van der Waals surface area contributed by atoms with E-state index >= 15 is 0 Å². The van der Waals surface area contributed by atoms with Crippen molar-refractivity contribution in [1.82, 2.24) is 9.80 Å². The molecule has 1 saturated carbocycles. The molecular weight excluding hydrogens is 443 g/mol. The van der Waals surface area contributed by atoms with Crippen molar-refractivity contribution < 1.29 is 19.0 Å². The number of ether oxygens (including phenoxy) is 1. The molecule has 2 fully saturated rings. The number of halogens is 1. The zero-order chi connectivity index (χ0) is 24.4. The van der Waals surface area contributed by atoms with E-state index in [4.69, 9.17) is 4.74 Å². The molecule has 1 saturated heterocycles. The van der Waals surface area contributed by atoms with Crippen molar-refractivity contribution in [2.45, 2.75) is 31.0 Å². The molecule has 0 aromatic heterocycles. The van der Waals surface area contributed by atoms with Crippen molar-refractivity contribution in [1.29, 1.82) is 0 Å². The van der Waals surface area contributed by atoms with Crippen molar-refractivity contribution in [3.8, 4) is 0 Å². The molecule has 1 heterocycles. The number of rotatable bonds is 5. The van der Waals surface area contributed by atoms with Crippen LogP contribution in [0, 0.1) is 11.7 Å². The van der Waals surface area contributed by atoms with Crippen LogP contribution in [0.5, 0.6) is 0 Å². The third-order valence-electron chi connectivity index (χ3n) is 7.75. The first-order valence-electron chi connectivity index (χ1n) is 12.5. The molecule has 0 radical (unpaired) electrons. The monoisotopic (exact) mass is 476 g/mol. The first kappa shape index (κ1) is 23.9. The molecule has 35 heavy (non-hydrogen) atoms. The first-order chi connectivity index (χ1) is 16.9. The molecule has 0 bridgehead atoms. The summed E-state index contributed by atoms with van der Waals surface area (Å²) in [6, 6.07) is 19.9. The molecule has 1 aliphatic carbocycles. The van der Waals surface area contributed by atoms with Gasteiger partial charge in [0.2, 0.25) is 0 Å². The topological polar surface area (TPSA) is 53.0 Å². The molecule has 0 spiro atoms. The van der Waals surface area contributed by atoms with Crippen molar-refractivity contribution in [2.24, 2.45) is 5.92 Å². The summed E-state index contributed by atoms with van der Waals surface area (Å²) in [6.45, 7) is 4.68. The Morgan fingerprint density at radius 3 is 2.49 bits per heavy atom. The van der Waals surface area contributed by atoms with Crippen LogP contribution in [0.1, 0.15) is 35.2 Å². The number of fused-ring (bicyclic) bond motifs is 1. The fourth-order valence-corrected chi connectivity index (χ4v) is 5.53. The highest BCUT2D eigenvalue weighted by molar-refractivity contribution is 5.89. The second kappa shape index (κ2) is 10.1. The van der Waals surface area contributed by atoms with E-state index in [1.165, 1.54) is 24.3 Å². The van der Waals surface area contributed by atoms with Crippen LogP contribution in [0.25, 0.3) is 10.8 Å². The quantitative estimate of drug-likeness (QED) is 0.552. The lowest BCUT2D eigenvalue weighted by molar-refractivity contribution is -0.100. The van der Waals surface area contributed by atoms with Crippen LogP contribution in [0.4, 0.5) is 4.39 Å². The number of carbonyl (C=O) groups is 1. The SMILES string of the molecule is CN1CCN(CC2CC(OC(=O)c3ccc(F)cc3)CCC2(O)c2ccc3ccccc3c2)CC1. The summed E-state index contributed by atoms with van der Waals surface area (Å²) in [5, 5.41) is 14.4. The van der Waals surface area contributed by atoms with Crippen molar-refractivity contribution in [3.05, 3.63) is 83.7 Å². The van der Waals surface area contributed by atoms with Gasteiger partial charge in [-0.05, 0) is 73.0 Å². The summed E-state index contributed by atoms with van der Waals surface area (Å²) < 4.78 is 19.1. The number of esters is 1. The van der Waals surface area contributed by atoms with Gasteiger partial charge in [0, 0.05) is 38.6 Å². The Labute approximate surface area is 206 Å². The molecule has 1 aliphatic heterocycles. The van der Waals surface area contributed by atoms with E-state index in [9.17, 15) is 14.3 Å². The van der Waals surface area contributed by atoms with Crippen LogP contribution in [0.2, 0.25) is 0 Å². The van der Waals surface area contributed by atoms with Crippen LogP contribution >= 0.6 is 0 Å². The van der Waals surface area contributed by atoms with Crippen molar-refractivity contribution in [3.63, 3.8) is 0 Å². The number of benzene rings is 3. The van der Waals surface area contributed by atoms with E-state index < -0.39 is 11.6 Å². The van der Waals surface area contributed by atoms with Gasteiger partial charge in [-0.1, -0.05) is 36.4 Å². The second-order valence-corrected chi connectivity index (χ2v) is 10.1. The van der Waals surface area contributed by atoms with Gasteiger partial charge in [-0.2, -0.15) is 0 Å². The van der Waals surface area contributed by atoms with Crippen LogP contribution in [0.15, 0.2) is 66.7 Å². The molecule has 3 aromatic rings. The summed E-state index contributed by atoms with van der Waals surface area (Å²) in [5.41, 5.74) is 0.280. The zero-order valence-electron chi connectivity index (χ0n) is 20.2. The third kappa shape index (κ3) is 5.25. The minimum Gasteiger partial charge on any atom is -0.459 e. The average Bonchev–Trinajstić information content (AvgIpc) is 2.87. The molecule has 3 aromatic carbocycles. The molecular formula is C29H33FN2O3. The molecule has 3 atom stereocenters. The Bertz CT molecular complexity index is 1180. The number of piperazine rings is 1. The van der Waals surface area contributed by atoms with Gasteiger partial charge < -0.3 is 19.6 Å². The second-order valence-electron chi connectivity index (χ2n) is 10.1. The van der Waals surface area contributed by atoms with Crippen LogP contribution in [0.3, 0.4) is 0 Å². The van der Waals surface area contributed by atoms with Gasteiger partial charge in [0.25, 0.3) is 0 Å². The van der Waals surface area contributed by atoms with Crippen LogP contribution in [-0.2, 0) is 10.3 Å². The number of likely N-dealkylation sites (N-methyl/N-ethyl adjacent to an activating group) is 1. The Morgan fingerprint density at radius 1 is 1.03 bits per heavy atom. The zero-order valence-corrected chi connectivity index (χ0v) is 20.2. The maximum absolute atomic E-state index is 13.3. The van der Waals surface area contributed by atoms with E-state index in [1.807, 2.05) is 18.2 Å². The average molecular weight is 477 g/mol. The standard InChI is InChI=1S/C29H33FN2O3/c1-31-14-16-32(17-15-31)20-25-19-27(35-28(33)22-7-10-26(30)11-8-22)12-13-29(25,34)24-9-6-21-4-2-3-5-23(21)18-24/h2-11,18,25,27,34H,12-17,19-20H2,1H3. The summed E-state index contributed by atoms with van der Waals surface area (Å²) in [4.78, 5) is 17.4. The fraction of sp³-hybridized carbons (Fsp3) is 0.414. The maximum Gasteiger partial charge on any atom is 0.338 e. The van der Waals surface area contributed by atoms with E-state index in [2.05, 4.69) is 41.1 Å². The van der Waals surface area contributed by atoms with E-state index in [1.54, 1.807) is 0 Å². The highest BCUT2D eigenvalue weighted by atomic mass is 19.1. The predicted molar refractivity (Wildman–Crippen MR) is 135 cm³/mol. The number of nitrogens with zero attached hydrogens (tertiary/aromatic N) is 2. The molecule has 5 nitrogen and oxygen atoms in total. The largest absolute Gasteiger partial charge is 0.459 e. The normalized spacial score (nSPS) is 26.0. The Kier molecular flexibility index (Phi) is 6.87. The number of aliphatic hydroxyl groups is 1. The lowest BCUT2D eigenvalue weighted by Gasteiger charge is -2.46. The van der Waals surface area contributed by atoms with Gasteiger partial charge in [-0.15, -0.1) is 0 Å². The molecule has 5 rings (SSSR count). The lowest BCUT2D eigenvalue weighted by Crippen LogP contribution is -2.52. The third-order valence-corrected chi connectivity index (χ3v) is 7.75. The molecule has 184 valence electrons. The number of carbonyl (C=O) groups excluding carboxylic acids is 1. The highest BCUT2D eigenvalue weighted by Gasteiger charge is 2.45. The fourth-order valence-electron chi connectivity index (χ4n) is 5.53. The lowest BCUT2D eigenvalue weighted by atomic mass is 9.70. The predicted octanol–water partition coefficient (Wildman–Crippen LogP) is 4.44. The first-order valence-corrected chi connectivity index (χ1v) is 12.5. The molecule has 2 aliphatic rings. The van der Waals surface area contributed by atoms with Crippen LogP contribution in [-0.4, -0.2) is 66.8 Å². The Hall–Kier alpha value is -2.80. The van der Waals surface area contributed by atoms with Crippen molar-refractivity contribution >= 4 is 16.7 Å². The smallest absolute Gasteiger partial charge is 0.338 e. The van der Waals surface area contributed by atoms with Gasteiger partial charge in [-0.3, -0.25) is 0 Å². The van der Waals surface area contributed by atoms with E-state index in [0.717, 1.165) is 49.1 Å². The van der Waals surface area contributed by atoms with Gasteiger partial charge in [0.05, 0.1) is 11.2 Å². The summed E-state index contributed by atoms with van der Waals surface area (Å²) in [6.07, 6.45) is 1.40. The maximum atomic E-state index is 13.3. The van der Waals surface area contributed by atoms with E-state index in [-0.39, 0.29) is 17.8 Å². The van der Waals surface area contributed by atoms with E-state index in [0.29, 0.717) is 24.8 Å². The minimum atomic E-state index is -0.994. The summed E-state index contributed by atoms with van der Waals surface area (Å²) >= 11 is 0. The highest BCUT2D eigenvalue weighted by Crippen LogP contribution is 2.44. The molecule has 0 amide bonds.